The van der Waals surface area contributed by atoms with Gasteiger partial charge in [-0.1, -0.05) is 24.3 Å². The predicted molar refractivity (Wildman–Crippen MR) is 127 cm³/mol. The Morgan fingerprint density at radius 3 is 2.60 bits per heavy atom. The zero-order valence-corrected chi connectivity index (χ0v) is 19.1. The second-order valence-corrected chi connectivity index (χ2v) is 8.16. The van der Waals surface area contributed by atoms with Gasteiger partial charge in [0.2, 0.25) is 0 Å². The first-order chi connectivity index (χ1) is 14.6. The molecule has 2 aromatic rings. The number of rotatable bonds is 8. The molecule has 2 aromatic carbocycles. The first-order valence-electron chi connectivity index (χ1n) is 10.6. The largest absolute Gasteiger partial charge is 0.496 e. The number of anilines is 1. The lowest BCUT2D eigenvalue weighted by Gasteiger charge is -2.30. The molecule has 0 aliphatic carbocycles. The normalized spacial score (nSPS) is 14.4. The number of hydrogen-bond acceptors (Lipinski definition) is 4. The number of hydrogen-bond donors (Lipinski definition) is 1. The summed E-state index contributed by atoms with van der Waals surface area (Å²) in [6.45, 7) is 10.7. The molecule has 1 saturated heterocycles. The van der Waals surface area contributed by atoms with E-state index in [1.807, 2.05) is 19.1 Å². The van der Waals surface area contributed by atoms with Gasteiger partial charge in [-0.25, -0.2) is 0 Å². The molecule has 1 heterocycles. The third-order valence-corrected chi connectivity index (χ3v) is 5.92. The maximum absolute atomic E-state index is 5.82. The van der Waals surface area contributed by atoms with E-state index in [0.717, 1.165) is 74.5 Å². The quantitative estimate of drug-likeness (QED) is 0.636. The van der Waals surface area contributed by atoms with Crippen LogP contribution in [0.2, 0.25) is 0 Å². The summed E-state index contributed by atoms with van der Waals surface area (Å²) in [5, 5.41) is 4.18. The lowest BCUT2D eigenvalue weighted by Crippen LogP contribution is -2.40. The Hall–Kier alpha value is -2.15. The number of ether oxygens (including phenoxy) is 2. The van der Waals surface area contributed by atoms with E-state index in [0.29, 0.717) is 0 Å². The van der Waals surface area contributed by atoms with Crippen LogP contribution >= 0.6 is 12.2 Å². The summed E-state index contributed by atoms with van der Waals surface area (Å²) >= 11 is 5.82. The maximum atomic E-state index is 5.82. The SMILES string of the molecule is COc1ccc(NC(=S)N(CCCN2CCOCC2)Cc2ccccc2C)cc1C. The molecular weight excluding hydrogens is 394 g/mol. The molecule has 0 unspecified atom stereocenters. The van der Waals surface area contributed by atoms with Gasteiger partial charge in [0.25, 0.3) is 0 Å². The molecule has 0 aromatic heterocycles. The maximum Gasteiger partial charge on any atom is 0.173 e. The van der Waals surface area contributed by atoms with E-state index < -0.39 is 0 Å². The minimum Gasteiger partial charge on any atom is -0.496 e. The molecule has 1 aliphatic rings. The number of methoxy groups -OCH3 is 1. The number of thiocarbonyl (C=S) groups is 1. The van der Waals surface area contributed by atoms with Crippen LogP contribution in [0.15, 0.2) is 42.5 Å². The van der Waals surface area contributed by atoms with Crippen LogP contribution in [0.25, 0.3) is 0 Å². The molecular formula is C24H33N3O2S. The smallest absolute Gasteiger partial charge is 0.173 e. The predicted octanol–water partition coefficient (Wildman–Crippen LogP) is 4.23. The lowest BCUT2D eigenvalue weighted by molar-refractivity contribution is 0.0368. The molecule has 3 rings (SSSR count). The van der Waals surface area contributed by atoms with Crippen molar-refractivity contribution >= 4 is 23.0 Å². The van der Waals surface area contributed by atoms with E-state index in [9.17, 15) is 0 Å². The molecule has 0 spiro atoms. The van der Waals surface area contributed by atoms with Crippen molar-refractivity contribution in [2.75, 3.05) is 51.8 Å². The van der Waals surface area contributed by atoms with E-state index in [4.69, 9.17) is 21.7 Å². The molecule has 162 valence electrons. The summed E-state index contributed by atoms with van der Waals surface area (Å²) in [7, 11) is 1.69. The van der Waals surface area contributed by atoms with E-state index in [1.165, 1.54) is 11.1 Å². The Bertz CT molecular complexity index is 837. The second kappa shape index (κ2) is 11.3. The summed E-state index contributed by atoms with van der Waals surface area (Å²) in [5.74, 6) is 0.883. The number of benzene rings is 2. The highest BCUT2D eigenvalue weighted by Gasteiger charge is 2.15. The average Bonchev–Trinajstić information content (AvgIpc) is 2.75. The van der Waals surface area contributed by atoms with Crippen LogP contribution < -0.4 is 10.1 Å². The molecule has 0 atom stereocenters. The van der Waals surface area contributed by atoms with Crippen LogP contribution in [0.4, 0.5) is 5.69 Å². The van der Waals surface area contributed by atoms with Gasteiger partial charge in [-0.05, 0) is 67.4 Å². The third-order valence-electron chi connectivity index (χ3n) is 5.56. The Labute approximate surface area is 186 Å². The monoisotopic (exact) mass is 427 g/mol. The number of nitrogens with zero attached hydrogens (tertiary/aromatic N) is 2. The fraction of sp³-hybridized carbons (Fsp3) is 0.458. The third kappa shape index (κ3) is 6.42. The molecule has 1 N–H and O–H groups in total. The highest BCUT2D eigenvalue weighted by atomic mass is 32.1. The van der Waals surface area contributed by atoms with E-state index in [2.05, 4.69) is 52.4 Å². The molecule has 5 nitrogen and oxygen atoms in total. The van der Waals surface area contributed by atoms with Gasteiger partial charge in [-0.2, -0.15) is 0 Å². The van der Waals surface area contributed by atoms with E-state index >= 15 is 0 Å². The first-order valence-corrected chi connectivity index (χ1v) is 11.0. The number of aryl methyl sites for hydroxylation is 2. The molecule has 0 saturated carbocycles. The lowest BCUT2D eigenvalue weighted by atomic mass is 10.1. The van der Waals surface area contributed by atoms with Crippen LogP contribution in [-0.2, 0) is 11.3 Å². The van der Waals surface area contributed by atoms with Crippen LogP contribution in [0, 0.1) is 13.8 Å². The topological polar surface area (TPSA) is 37.0 Å². The van der Waals surface area contributed by atoms with Gasteiger partial charge in [0.15, 0.2) is 5.11 Å². The fourth-order valence-electron chi connectivity index (χ4n) is 3.71. The van der Waals surface area contributed by atoms with Gasteiger partial charge < -0.3 is 19.7 Å². The van der Waals surface area contributed by atoms with Gasteiger partial charge in [0.05, 0.1) is 20.3 Å². The first kappa shape index (κ1) is 22.5. The van der Waals surface area contributed by atoms with Crippen LogP contribution in [-0.4, -0.2) is 61.4 Å². The zero-order chi connectivity index (χ0) is 21.3. The van der Waals surface area contributed by atoms with Crippen molar-refractivity contribution in [3.63, 3.8) is 0 Å². The van der Waals surface area contributed by atoms with Crippen molar-refractivity contribution < 1.29 is 9.47 Å². The van der Waals surface area contributed by atoms with Crippen molar-refractivity contribution in [1.29, 1.82) is 0 Å². The van der Waals surface area contributed by atoms with Crippen molar-refractivity contribution in [2.24, 2.45) is 0 Å². The standard InChI is InChI=1S/C24H33N3O2S/c1-19-7-4-5-8-21(19)18-27(12-6-11-26-13-15-29-16-14-26)24(30)25-22-9-10-23(28-3)20(2)17-22/h4-5,7-10,17H,6,11-16,18H2,1-3H3,(H,25,30). The van der Waals surface area contributed by atoms with Crippen molar-refractivity contribution in [3.8, 4) is 5.75 Å². The van der Waals surface area contributed by atoms with Crippen LogP contribution in [0.3, 0.4) is 0 Å². The summed E-state index contributed by atoms with van der Waals surface area (Å²) in [5.41, 5.74) is 4.67. The minimum atomic E-state index is 0.754. The van der Waals surface area contributed by atoms with E-state index in [-0.39, 0.29) is 0 Å². The van der Waals surface area contributed by atoms with Crippen molar-refractivity contribution in [2.45, 2.75) is 26.8 Å². The zero-order valence-electron chi connectivity index (χ0n) is 18.3. The van der Waals surface area contributed by atoms with Crippen LogP contribution in [0.5, 0.6) is 5.75 Å². The molecule has 0 radical (unpaired) electrons. The number of morpholine rings is 1. The van der Waals surface area contributed by atoms with Gasteiger partial charge >= 0.3 is 0 Å². The average molecular weight is 428 g/mol. The van der Waals surface area contributed by atoms with Gasteiger partial charge in [0.1, 0.15) is 5.75 Å². The van der Waals surface area contributed by atoms with E-state index in [1.54, 1.807) is 7.11 Å². The summed E-state index contributed by atoms with van der Waals surface area (Å²) in [6.07, 6.45) is 1.06. The highest BCUT2D eigenvalue weighted by molar-refractivity contribution is 7.80. The fourth-order valence-corrected chi connectivity index (χ4v) is 3.99. The van der Waals surface area contributed by atoms with Gasteiger partial charge in [-0.3, -0.25) is 4.90 Å². The molecule has 1 fully saturated rings. The molecule has 0 amide bonds. The molecule has 30 heavy (non-hydrogen) atoms. The Balaban J connectivity index is 1.66. The molecule has 6 heteroatoms. The molecule has 0 bridgehead atoms. The van der Waals surface area contributed by atoms with Gasteiger partial charge in [-0.15, -0.1) is 0 Å². The second-order valence-electron chi connectivity index (χ2n) is 7.77. The summed E-state index contributed by atoms with van der Waals surface area (Å²) in [4.78, 5) is 4.75. The Morgan fingerprint density at radius 1 is 1.13 bits per heavy atom. The summed E-state index contributed by atoms with van der Waals surface area (Å²) in [6, 6.07) is 14.6. The van der Waals surface area contributed by atoms with Crippen molar-refractivity contribution in [3.05, 3.63) is 59.2 Å². The Kier molecular flexibility index (Phi) is 8.49. The minimum absolute atomic E-state index is 0.754. The Morgan fingerprint density at radius 2 is 1.90 bits per heavy atom. The number of nitrogens with one attached hydrogen (secondary N) is 1. The molecule has 1 aliphatic heterocycles. The summed E-state index contributed by atoms with van der Waals surface area (Å²) < 4.78 is 10.8. The van der Waals surface area contributed by atoms with Crippen LogP contribution in [0.1, 0.15) is 23.1 Å². The highest BCUT2D eigenvalue weighted by Crippen LogP contribution is 2.22. The van der Waals surface area contributed by atoms with Gasteiger partial charge in [0, 0.05) is 38.4 Å². The van der Waals surface area contributed by atoms with Crippen molar-refractivity contribution in [1.82, 2.24) is 9.80 Å².